The molecule has 4 rings (SSSR count). The quantitative estimate of drug-likeness (QED) is 0.550. The van der Waals surface area contributed by atoms with E-state index in [1.54, 1.807) is 36.4 Å². The van der Waals surface area contributed by atoms with Gasteiger partial charge in [0.25, 0.3) is 0 Å². The Morgan fingerprint density at radius 1 is 1.00 bits per heavy atom. The van der Waals surface area contributed by atoms with Crippen molar-refractivity contribution in [2.24, 2.45) is 0 Å². The Hall–Kier alpha value is -1.81. The molecule has 2 heterocycles. The lowest BCUT2D eigenvalue weighted by Crippen LogP contribution is -2.27. The summed E-state index contributed by atoms with van der Waals surface area (Å²) in [6.07, 6.45) is 1.83. The predicted molar refractivity (Wildman–Crippen MR) is 116 cm³/mol. The number of hydrogen-bond acceptors (Lipinski definition) is 5. The summed E-state index contributed by atoms with van der Waals surface area (Å²) in [4.78, 5) is 4.83. The molecule has 1 N–H and O–H groups in total. The van der Waals surface area contributed by atoms with Crippen LogP contribution in [0.25, 0.3) is 11.3 Å². The third kappa shape index (κ3) is 4.43. The highest BCUT2D eigenvalue weighted by Gasteiger charge is 2.26. The lowest BCUT2D eigenvalue weighted by molar-refractivity contribution is 0.477. The molecule has 0 aliphatic carbocycles. The van der Waals surface area contributed by atoms with E-state index in [0.29, 0.717) is 23.1 Å². The van der Waals surface area contributed by atoms with E-state index in [2.05, 4.69) is 10.3 Å². The van der Waals surface area contributed by atoms with Gasteiger partial charge in [0.05, 0.1) is 10.6 Å². The Bertz CT molecular complexity index is 1030. The van der Waals surface area contributed by atoms with Crippen LogP contribution in [0.15, 0.2) is 58.8 Å². The zero-order chi connectivity index (χ0) is 18.9. The largest absolute Gasteiger partial charge is 0.332 e. The van der Waals surface area contributed by atoms with E-state index in [0.717, 1.165) is 29.8 Å². The van der Waals surface area contributed by atoms with Gasteiger partial charge in [0.2, 0.25) is 10.0 Å². The van der Waals surface area contributed by atoms with Crippen LogP contribution in [0, 0.1) is 5.82 Å². The Kier molecular flexibility index (Phi) is 6.49. The lowest BCUT2D eigenvalue weighted by Gasteiger charge is -2.15. The molecule has 0 atom stereocenters. The Morgan fingerprint density at radius 2 is 1.64 bits per heavy atom. The van der Waals surface area contributed by atoms with E-state index in [1.165, 1.54) is 27.8 Å². The smallest absolute Gasteiger partial charge is 0.243 e. The number of rotatable bonds is 5. The van der Waals surface area contributed by atoms with Crippen molar-refractivity contribution in [1.29, 1.82) is 0 Å². The number of nitrogens with zero attached hydrogens (tertiary/aromatic N) is 2. The monoisotopic (exact) mass is 483 g/mol. The topological polar surface area (TPSA) is 62.3 Å². The molecule has 1 aliphatic rings. The minimum absolute atomic E-state index is 0. The fourth-order valence-corrected chi connectivity index (χ4v) is 5.25. The maximum absolute atomic E-state index is 13.0. The summed E-state index contributed by atoms with van der Waals surface area (Å²) in [7, 11) is -3.40. The van der Waals surface area contributed by atoms with Gasteiger partial charge in [0, 0.05) is 29.7 Å². The molecule has 9 heteroatoms. The molecule has 0 bridgehead atoms. The summed E-state index contributed by atoms with van der Waals surface area (Å²) >= 11 is 1.43. The molecule has 2 aromatic carbocycles. The first-order valence-corrected chi connectivity index (χ1v) is 10.9. The number of nitrogens with one attached hydrogen (secondary N) is 1. The predicted octanol–water partition coefficient (Wildman–Crippen LogP) is 5.06. The van der Waals surface area contributed by atoms with Crippen LogP contribution >= 0.6 is 28.3 Å². The molecule has 1 fully saturated rings. The van der Waals surface area contributed by atoms with E-state index in [4.69, 9.17) is 0 Å². The van der Waals surface area contributed by atoms with Gasteiger partial charge in [-0.2, -0.15) is 4.31 Å². The molecular weight excluding hydrogens is 465 g/mol. The number of benzene rings is 2. The van der Waals surface area contributed by atoms with Gasteiger partial charge in [-0.05, 0) is 49.2 Å². The molecule has 0 saturated carbocycles. The van der Waals surface area contributed by atoms with Crippen molar-refractivity contribution in [2.45, 2.75) is 17.7 Å². The van der Waals surface area contributed by atoms with E-state index in [-0.39, 0.29) is 22.8 Å². The van der Waals surface area contributed by atoms with Gasteiger partial charge < -0.3 is 5.32 Å². The average molecular weight is 484 g/mol. The Morgan fingerprint density at radius 3 is 2.29 bits per heavy atom. The molecule has 0 amide bonds. The number of anilines is 2. The van der Waals surface area contributed by atoms with Crippen molar-refractivity contribution in [3.05, 3.63) is 59.7 Å². The van der Waals surface area contributed by atoms with Crippen LogP contribution in [0.4, 0.5) is 15.2 Å². The van der Waals surface area contributed by atoms with E-state index < -0.39 is 10.0 Å². The zero-order valence-electron chi connectivity index (χ0n) is 14.8. The molecule has 148 valence electrons. The van der Waals surface area contributed by atoms with E-state index in [1.807, 2.05) is 5.38 Å². The van der Waals surface area contributed by atoms with Crippen LogP contribution in [0.2, 0.25) is 0 Å². The number of thiazole rings is 1. The summed E-state index contributed by atoms with van der Waals surface area (Å²) < 4.78 is 39.7. The van der Waals surface area contributed by atoms with Gasteiger partial charge in [0.15, 0.2) is 5.13 Å². The van der Waals surface area contributed by atoms with Gasteiger partial charge >= 0.3 is 0 Å². The van der Waals surface area contributed by atoms with Crippen molar-refractivity contribution in [2.75, 3.05) is 18.4 Å². The van der Waals surface area contributed by atoms with Crippen molar-refractivity contribution in [3.63, 3.8) is 0 Å². The Labute approximate surface area is 178 Å². The van der Waals surface area contributed by atoms with Crippen molar-refractivity contribution < 1.29 is 12.8 Å². The molecule has 28 heavy (non-hydrogen) atoms. The number of sulfonamides is 1. The highest BCUT2D eigenvalue weighted by molar-refractivity contribution is 8.93. The molecule has 1 aromatic heterocycles. The van der Waals surface area contributed by atoms with Gasteiger partial charge in [-0.1, -0.05) is 12.1 Å². The average Bonchev–Trinajstić information content (AvgIpc) is 3.36. The van der Waals surface area contributed by atoms with Gasteiger partial charge in [-0.25, -0.2) is 17.8 Å². The number of halogens is 2. The van der Waals surface area contributed by atoms with Crippen molar-refractivity contribution in [3.8, 4) is 11.3 Å². The molecule has 0 unspecified atom stereocenters. The summed E-state index contributed by atoms with van der Waals surface area (Å²) in [6, 6.07) is 12.9. The van der Waals surface area contributed by atoms with Crippen molar-refractivity contribution in [1.82, 2.24) is 9.29 Å². The second-order valence-electron chi connectivity index (χ2n) is 6.31. The van der Waals surface area contributed by atoms with Crippen LogP contribution in [0.5, 0.6) is 0 Å². The fraction of sp³-hybridized carbons (Fsp3) is 0.211. The second-order valence-corrected chi connectivity index (χ2v) is 9.10. The first-order chi connectivity index (χ1) is 13.0. The Balaban J connectivity index is 0.00000225. The molecular formula is C19H19BrFN3O2S2. The minimum Gasteiger partial charge on any atom is -0.332 e. The molecule has 3 aromatic rings. The maximum Gasteiger partial charge on any atom is 0.243 e. The standard InChI is InChI=1S/C19H18FN3O2S2.BrH/c20-15-5-7-16(8-6-15)21-19-22-18(13-26-19)14-3-9-17(10-4-14)27(24,25)23-11-1-2-12-23;/h3-10,13H,1-2,11-12H2,(H,21,22);1H. The first kappa shape index (κ1) is 20.9. The highest BCUT2D eigenvalue weighted by atomic mass is 79.9. The second kappa shape index (κ2) is 8.69. The molecule has 0 spiro atoms. The molecule has 5 nitrogen and oxygen atoms in total. The van der Waals surface area contributed by atoms with Crippen LogP contribution in [-0.2, 0) is 10.0 Å². The highest BCUT2D eigenvalue weighted by Crippen LogP contribution is 2.29. The summed E-state index contributed by atoms with van der Waals surface area (Å²) in [6.45, 7) is 1.18. The van der Waals surface area contributed by atoms with Crippen LogP contribution < -0.4 is 5.32 Å². The fourth-order valence-electron chi connectivity index (χ4n) is 3.00. The van der Waals surface area contributed by atoms with Gasteiger partial charge in [0.1, 0.15) is 5.82 Å². The molecule has 1 aliphatic heterocycles. The number of hydrogen-bond donors (Lipinski definition) is 1. The SMILES string of the molecule is Br.O=S(=O)(c1ccc(-c2csc(Nc3ccc(F)cc3)n2)cc1)N1CCCC1. The summed E-state index contributed by atoms with van der Waals surface area (Å²) in [5.74, 6) is -0.288. The van der Waals surface area contributed by atoms with Gasteiger partial charge in [-0.3, -0.25) is 0 Å². The molecule has 0 radical (unpaired) electrons. The minimum atomic E-state index is -3.40. The van der Waals surface area contributed by atoms with Crippen LogP contribution in [-0.4, -0.2) is 30.8 Å². The summed E-state index contributed by atoms with van der Waals surface area (Å²) in [5, 5.41) is 5.72. The normalized spacial score (nSPS) is 14.6. The first-order valence-electron chi connectivity index (χ1n) is 8.61. The number of aromatic nitrogens is 1. The molecule has 1 saturated heterocycles. The van der Waals surface area contributed by atoms with Crippen molar-refractivity contribution >= 4 is 49.2 Å². The van der Waals surface area contributed by atoms with Crippen LogP contribution in [0.3, 0.4) is 0 Å². The lowest BCUT2D eigenvalue weighted by atomic mass is 10.2. The maximum atomic E-state index is 13.0. The van der Waals surface area contributed by atoms with E-state index >= 15 is 0 Å². The van der Waals surface area contributed by atoms with Crippen LogP contribution in [0.1, 0.15) is 12.8 Å². The van der Waals surface area contributed by atoms with E-state index in [9.17, 15) is 12.8 Å². The third-order valence-corrected chi connectivity index (χ3v) is 7.12. The third-order valence-electron chi connectivity index (χ3n) is 4.45. The zero-order valence-corrected chi connectivity index (χ0v) is 18.2. The summed E-state index contributed by atoms with van der Waals surface area (Å²) in [5.41, 5.74) is 2.36. The van der Waals surface area contributed by atoms with Gasteiger partial charge in [-0.15, -0.1) is 28.3 Å².